The summed E-state index contributed by atoms with van der Waals surface area (Å²) < 4.78 is 27.7. The number of nitrogens with zero attached hydrogens (tertiary/aromatic N) is 3. The van der Waals surface area contributed by atoms with Gasteiger partial charge < -0.3 is 10.6 Å². The Labute approximate surface area is 116 Å². The molecule has 0 bridgehead atoms. The van der Waals surface area contributed by atoms with Crippen molar-refractivity contribution in [2.24, 2.45) is 11.7 Å². The Bertz CT molecular complexity index is 375. The van der Waals surface area contributed by atoms with Crippen LogP contribution in [0.2, 0.25) is 0 Å². The number of rotatable bonds is 7. The molecule has 19 heavy (non-hydrogen) atoms. The average molecular weight is 290 g/mol. The van der Waals surface area contributed by atoms with Gasteiger partial charge in [-0.25, -0.2) is 0 Å². The van der Waals surface area contributed by atoms with E-state index in [0.717, 1.165) is 25.6 Å². The normalized spacial score (nSPS) is 23.1. The second kappa shape index (κ2) is 6.49. The summed E-state index contributed by atoms with van der Waals surface area (Å²) in [6.45, 7) is 5.12. The van der Waals surface area contributed by atoms with Gasteiger partial charge in [-0.15, -0.1) is 0 Å². The average Bonchev–Trinajstić information content (AvgIpc) is 3.20. The van der Waals surface area contributed by atoms with E-state index in [-0.39, 0.29) is 0 Å². The van der Waals surface area contributed by atoms with Crippen molar-refractivity contribution in [3.8, 4) is 0 Å². The van der Waals surface area contributed by atoms with Gasteiger partial charge in [-0.2, -0.15) is 17.0 Å². The molecule has 0 amide bonds. The fraction of sp³-hybridized carbons (Fsp3) is 1.00. The summed E-state index contributed by atoms with van der Waals surface area (Å²) in [5, 5.41) is 0. The molecule has 0 aromatic heterocycles. The molecule has 1 saturated carbocycles. The lowest BCUT2D eigenvalue weighted by Gasteiger charge is -2.35. The second-order valence-corrected chi connectivity index (χ2v) is 7.65. The van der Waals surface area contributed by atoms with Crippen molar-refractivity contribution in [2.45, 2.75) is 19.3 Å². The highest BCUT2D eigenvalue weighted by Crippen LogP contribution is 2.30. The molecule has 2 rings (SSSR count). The molecule has 2 fully saturated rings. The molecule has 0 spiro atoms. The summed E-state index contributed by atoms with van der Waals surface area (Å²) in [5.74, 6) is 0.871. The maximum atomic E-state index is 12.3. The first-order valence-corrected chi connectivity index (χ1v) is 8.57. The molecule has 1 saturated heterocycles. The SMILES string of the molecule is CN(CCCN)S(=O)(=O)N1CCN(CC2CC2)CC1. The summed E-state index contributed by atoms with van der Waals surface area (Å²) in [7, 11) is -1.65. The molecule has 112 valence electrons. The Hall–Kier alpha value is -0.210. The van der Waals surface area contributed by atoms with Gasteiger partial charge in [-0.3, -0.25) is 0 Å². The van der Waals surface area contributed by atoms with E-state index in [2.05, 4.69) is 4.90 Å². The molecule has 0 aromatic carbocycles. The maximum absolute atomic E-state index is 12.3. The van der Waals surface area contributed by atoms with Gasteiger partial charge in [0.15, 0.2) is 0 Å². The standard InChI is InChI=1S/C12H26N4O2S/c1-14(6-2-5-13)19(17,18)16-9-7-15(8-10-16)11-12-3-4-12/h12H,2-11,13H2,1H3. The summed E-state index contributed by atoms with van der Waals surface area (Å²) >= 11 is 0. The summed E-state index contributed by atoms with van der Waals surface area (Å²) in [6.07, 6.45) is 3.40. The molecule has 6 nitrogen and oxygen atoms in total. The van der Waals surface area contributed by atoms with Crippen LogP contribution in [0.25, 0.3) is 0 Å². The minimum Gasteiger partial charge on any atom is -0.330 e. The minimum atomic E-state index is -3.29. The first-order chi connectivity index (χ1) is 9.04. The van der Waals surface area contributed by atoms with Gasteiger partial charge in [-0.05, 0) is 31.7 Å². The van der Waals surface area contributed by atoms with Crippen LogP contribution >= 0.6 is 0 Å². The van der Waals surface area contributed by atoms with Crippen LogP contribution in [-0.2, 0) is 10.2 Å². The second-order valence-electron chi connectivity index (χ2n) is 5.61. The number of hydrogen-bond donors (Lipinski definition) is 1. The lowest BCUT2D eigenvalue weighted by Crippen LogP contribution is -2.52. The lowest BCUT2D eigenvalue weighted by molar-refractivity contribution is 0.177. The highest BCUT2D eigenvalue weighted by molar-refractivity contribution is 7.86. The van der Waals surface area contributed by atoms with Crippen LogP contribution in [0, 0.1) is 5.92 Å². The van der Waals surface area contributed by atoms with Crippen LogP contribution in [0.15, 0.2) is 0 Å². The fourth-order valence-corrected chi connectivity index (χ4v) is 3.81. The molecule has 0 unspecified atom stereocenters. The summed E-state index contributed by atoms with van der Waals surface area (Å²) in [5.41, 5.74) is 5.43. The Balaban J connectivity index is 1.81. The lowest BCUT2D eigenvalue weighted by atomic mass is 10.3. The fourth-order valence-electron chi connectivity index (χ4n) is 2.43. The van der Waals surface area contributed by atoms with Gasteiger partial charge in [0.1, 0.15) is 0 Å². The van der Waals surface area contributed by atoms with Crippen LogP contribution in [0.3, 0.4) is 0 Å². The predicted octanol–water partition coefficient (Wildman–Crippen LogP) is -0.461. The zero-order valence-electron chi connectivity index (χ0n) is 11.8. The zero-order chi connectivity index (χ0) is 13.9. The molecular weight excluding hydrogens is 264 g/mol. The van der Waals surface area contributed by atoms with Crippen LogP contribution in [-0.4, -0.2) is 74.8 Å². The molecule has 1 aliphatic carbocycles. The third kappa shape index (κ3) is 4.13. The third-order valence-electron chi connectivity index (χ3n) is 3.94. The molecule has 2 aliphatic rings. The quantitative estimate of drug-likeness (QED) is 0.689. The van der Waals surface area contributed by atoms with Crippen molar-refractivity contribution in [1.82, 2.24) is 13.5 Å². The van der Waals surface area contributed by atoms with E-state index < -0.39 is 10.2 Å². The van der Waals surface area contributed by atoms with Gasteiger partial charge in [0.25, 0.3) is 10.2 Å². The molecule has 0 atom stereocenters. The molecule has 7 heteroatoms. The Morgan fingerprint density at radius 2 is 1.84 bits per heavy atom. The van der Waals surface area contributed by atoms with Crippen molar-refractivity contribution in [1.29, 1.82) is 0 Å². The van der Waals surface area contributed by atoms with Gasteiger partial charge in [-0.1, -0.05) is 0 Å². The first-order valence-electron chi connectivity index (χ1n) is 7.18. The third-order valence-corrected chi connectivity index (χ3v) is 5.93. The molecule has 0 radical (unpaired) electrons. The molecule has 1 aliphatic heterocycles. The van der Waals surface area contributed by atoms with Crippen LogP contribution in [0.5, 0.6) is 0 Å². The molecule has 1 heterocycles. The number of piperazine rings is 1. The monoisotopic (exact) mass is 290 g/mol. The zero-order valence-corrected chi connectivity index (χ0v) is 12.6. The Morgan fingerprint density at radius 1 is 1.21 bits per heavy atom. The molecule has 2 N–H and O–H groups in total. The predicted molar refractivity (Wildman–Crippen MR) is 76.0 cm³/mol. The van der Waals surface area contributed by atoms with Gasteiger partial charge in [0.2, 0.25) is 0 Å². The van der Waals surface area contributed by atoms with Gasteiger partial charge >= 0.3 is 0 Å². The molecular formula is C12H26N4O2S. The Kier molecular flexibility index (Phi) is 5.19. The topological polar surface area (TPSA) is 69.9 Å². The van der Waals surface area contributed by atoms with Crippen molar-refractivity contribution in [2.75, 3.05) is 52.9 Å². The van der Waals surface area contributed by atoms with E-state index in [1.165, 1.54) is 17.1 Å². The summed E-state index contributed by atoms with van der Waals surface area (Å²) in [4.78, 5) is 2.39. The van der Waals surface area contributed by atoms with Crippen molar-refractivity contribution >= 4 is 10.2 Å². The van der Waals surface area contributed by atoms with E-state index >= 15 is 0 Å². The van der Waals surface area contributed by atoms with Crippen LogP contribution < -0.4 is 5.73 Å². The van der Waals surface area contributed by atoms with Crippen molar-refractivity contribution in [3.05, 3.63) is 0 Å². The van der Waals surface area contributed by atoms with E-state index in [1.54, 1.807) is 11.4 Å². The number of nitrogens with two attached hydrogens (primary N) is 1. The van der Waals surface area contributed by atoms with Crippen molar-refractivity contribution in [3.63, 3.8) is 0 Å². The number of hydrogen-bond acceptors (Lipinski definition) is 4. The minimum absolute atomic E-state index is 0.501. The van der Waals surface area contributed by atoms with E-state index in [9.17, 15) is 8.42 Å². The Morgan fingerprint density at radius 3 is 2.37 bits per heavy atom. The summed E-state index contributed by atoms with van der Waals surface area (Å²) in [6, 6.07) is 0. The molecule has 0 aromatic rings. The van der Waals surface area contributed by atoms with E-state index in [0.29, 0.717) is 32.6 Å². The van der Waals surface area contributed by atoms with Crippen LogP contribution in [0.4, 0.5) is 0 Å². The highest BCUT2D eigenvalue weighted by atomic mass is 32.2. The van der Waals surface area contributed by atoms with Gasteiger partial charge in [0, 0.05) is 46.3 Å². The van der Waals surface area contributed by atoms with E-state index in [4.69, 9.17) is 5.73 Å². The van der Waals surface area contributed by atoms with E-state index in [1.807, 2.05) is 0 Å². The maximum Gasteiger partial charge on any atom is 0.281 e. The van der Waals surface area contributed by atoms with Crippen LogP contribution in [0.1, 0.15) is 19.3 Å². The van der Waals surface area contributed by atoms with Crippen molar-refractivity contribution < 1.29 is 8.42 Å². The smallest absolute Gasteiger partial charge is 0.281 e. The largest absolute Gasteiger partial charge is 0.330 e. The highest BCUT2D eigenvalue weighted by Gasteiger charge is 2.32. The van der Waals surface area contributed by atoms with Gasteiger partial charge in [0.05, 0.1) is 0 Å². The first kappa shape index (κ1) is 15.2.